The highest BCUT2D eigenvalue weighted by Gasteiger charge is 2.30. The zero-order valence-electron chi connectivity index (χ0n) is 16.0. The van der Waals surface area contributed by atoms with E-state index in [1.54, 1.807) is 4.90 Å². The molecule has 0 saturated carbocycles. The van der Waals surface area contributed by atoms with Gasteiger partial charge in [0.25, 0.3) is 0 Å². The molecule has 1 N–H and O–H groups in total. The maximum absolute atomic E-state index is 12.6. The van der Waals surface area contributed by atoms with Crippen LogP contribution < -0.4 is 5.32 Å². The van der Waals surface area contributed by atoms with Crippen LogP contribution in [0.1, 0.15) is 51.7 Å². The van der Waals surface area contributed by atoms with E-state index in [4.69, 9.17) is 4.74 Å². The van der Waals surface area contributed by atoms with Gasteiger partial charge in [0, 0.05) is 24.7 Å². The van der Waals surface area contributed by atoms with Gasteiger partial charge in [-0.2, -0.15) is 0 Å². The van der Waals surface area contributed by atoms with E-state index in [-0.39, 0.29) is 17.9 Å². The van der Waals surface area contributed by atoms with Crippen LogP contribution in [0.5, 0.6) is 0 Å². The number of anilines is 1. The first kappa shape index (κ1) is 19.3. The molecule has 0 atom stereocenters. The normalized spacial score (nSPS) is 15.8. The number of aryl methyl sites for hydroxylation is 2. The predicted octanol–water partition coefficient (Wildman–Crippen LogP) is 4.14. The molecule has 1 aromatic carbocycles. The van der Waals surface area contributed by atoms with E-state index in [2.05, 4.69) is 18.3 Å². The van der Waals surface area contributed by atoms with Gasteiger partial charge in [-0.25, -0.2) is 4.79 Å². The summed E-state index contributed by atoms with van der Waals surface area (Å²) in [4.78, 5) is 26.4. The largest absolute Gasteiger partial charge is 0.444 e. The maximum Gasteiger partial charge on any atom is 0.410 e. The van der Waals surface area contributed by atoms with Gasteiger partial charge in [0.1, 0.15) is 5.60 Å². The molecule has 0 aromatic heterocycles. The Morgan fingerprint density at radius 1 is 1.24 bits per heavy atom. The molecule has 0 bridgehead atoms. The van der Waals surface area contributed by atoms with E-state index in [1.807, 2.05) is 39.8 Å². The van der Waals surface area contributed by atoms with Crippen molar-refractivity contribution in [1.82, 2.24) is 4.90 Å². The lowest BCUT2D eigenvalue weighted by Gasteiger charge is -2.33. The van der Waals surface area contributed by atoms with Gasteiger partial charge in [-0.3, -0.25) is 4.79 Å². The summed E-state index contributed by atoms with van der Waals surface area (Å²) in [5.41, 5.74) is 2.67. The van der Waals surface area contributed by atoms with Crippen molar-refractivity contribution in [2.75, 3.05) is 18.4 Å². The molecule has 1 heterocycles. The molecule has 1 aliphatic heterocycles. The molecule has 0 unspecified atom stereocenters. The Morgan fingerprint density at radius 2 is 1.88 bits per heavy atom. The molecule has 138 valence electrons. The molecule has 1 aromatic rings. The Hall–Kier alpha value is -2.04. The second-order valence-corrected chi connectivity index (χ2v) is 7.73. The third-order valence-electron chi connectivity index (χ3n) is 4.49. The summed E-state index contributed by atoms with van der Waals surface area (Å²) in [6.07, 6.45) is 1.98. The Morgan fingerprint density at radius 3 is 2.44 bits per heavy atom. The third kappa shape index (κ3) is 5.48. The number of carbonyl (C=O) groups is 2. The molecule has 1 aliphatic rings. The van der Waals surface area contributed by atoms with Crippen molar-refractivity contribution in [3.05, 3.63) is 29.3 Å². The lowest BCUT2D eigenvalue weighted by molar-refractivity contribution is -0.121. The molecule has 0 spiro atoms. The van der Waals surface area contributed by atoms with Gasteiger partial charge >= 0.3 is 6.09 Å². The number of nitrogens with zero attached hydrogens (tertiary/aromatic N) is 1. The summed E-state index contributed by atoms with van der Waals surface area (Å²) in [6.45, 7) is 10.8. The molecule has 0 radical (unpaired) electrons. The van der Waals surface area contributed by atoms with Crippen LogP contribution in [-0.2, 0) is 16.0 Å². The SMILES string of the molecule is CCc1ccc(C)c(NC(=O)C2CCN(C(=O)OC(C)(C)C)CC2)c1. The number of rotatable bonds is 3. The van der Waals surface area contributed by atoms with E-state index in [0.717, 1.165) is 17.7 Å². The Balaban J connectivity index is 1.90. The van der Waals surface area contributed by atoms with Crippen molar-refractivity contribution in [1.29, 1.82) is 0 Å². The van der Waals surface area contributed by atoms with Gasteiger partial charge < -0.3 is 15.0 Å². The highest BCUT2D eigenvalue weighted by Crippen LogP contribution is 2.23. The standard InChI is InChI=1S/C20H30N2O3/c1-6-15-8-7-14(2)17(13-15)21-18(23)16-9-11-22(12-10-16)19(24)25-20(3,4)5/h7-8,13,16H,6,9-12H2,1-5H3,(H,21,23). The molecule has 2 amide bonds. The number of piperidine rings is 1. The summed E-state index contributed by atoms with van der Waals surface area (Å²) in [5, 5.41) is 3.06. The molecular weight excluding hydrogens is 316 g/mol. The topological polar surface area (TPSA) is 58.6 Å². The zero-order chi connectivity index (χ0) is 18.6. The van der Waals surface area contributed by atoms with E-state index in [1.165, 1.54) is 5.56 Å². The smallest absolute Gasteiger partial charge is 0.410 e. The van der Waals surface area contributed by atoms with Crippen LogP contribution in [0.25, 0.3) is 0 Å². The minimum atomic E-state index is -0.493. The fourth-order valence-electron chi connectivity index (χ4n) is 2.91. The fraction of sp³-hybridized carbons (Fsp3) is 0.600. The third-order valence-corrected chi connectivity index (χ3v) is 4.49. The first-order chi connectivity index (χ1) is 11.7. The summed E-state index contributed by atoms with van der Waals surface area (Å²) < 4.78 is 5.40. The minimum absolute atomic E-state index is 0.0418. The second-order valence-electron chi connectivity index (χ2n) is 7.73. The van der Waals surface area contributed by atoms with Crippen LogP contribution in [0.4, 0.5) is 10.5 Å². The average Bonchev–Trinajstić information content (AvgIpc) is 2.55. The van der Waals surface area contributed by atoms with Gasteiger partial charge in [0.15, 0.2) is 0 Å². The highest BCUT2D eigenvalue weighted by atomic mass is 16.6. The number of nitrogens with one attached hydrogen (secondary N) is 1. The van der Waals surface area contributed by atoms with Crippen molar-refractivity contribution in [2.45, 2.75) is 59.5 Å². The van der Waals surface area contributed by atoms with E-state index in [9.17, 15) is 9.59 Å². The van der Waals surface area contributed by atoms with Crippen LogP contribution in [0, 0.1) is 12.8 Å². The monoisotopic (exact) mass is 346 g/mol. The number of likely N-dealkylation sites (tertiary alicyclic amines) is 1. The van der Waals surface area contributed by atoms with Crippen LogP contribution in [-0.4, -0.2) is 35.6 Å². The highest BCUT2D eigenvalue weighted by molar-refractivity contribution is 5.93. The summed E-state index contributed by atoms with van der Waals surface area (Å²) in [6, 6.07) is 6.17. The van der Waals surface area contributed by atoms with E-state index >= 15 is 0 Å². The summed E-state index contributed by atoms with van der Waals surface area (Å²) in [5.74, 6) is -0.0245. The van der Waals surface area contributed by atoms with Gasteiger partial charge in [-0.05, 0) is 64.2 Å². The number of hydrogen-bond donors (Lipinski definition) is 1. The predicted molar refractivity (Wildman–Crippen MR) is 99.7 cm³/mol. The zero-order valence-corrected chi connectivity index (χ0v) is 16.0. The second kappa shape index (κ2) is 7.89. The number of benzene rings is 1. The molecular formula is C20H30N2O3. The summed E-state index contributed by atoms with van der Waals surface area (Å²) >= 11 is 0. The lowest BCUT2D eigenvalue weighted by atomic mass is 9.95. The number of carbonyl (C=O) groups excluding carboxylic acids is 2. The molecule has 2 rings (SSSR count). The molecule has 5 nitrogen and oxygen atoms in total. The van der Waals surface area contributed by atoms with E-state index in [0.29, 0.717) is 25.9 Å². The average molecular weight is 346 g/mol. The molecule has 0 aliphatic carbocycles. The molecule has 25 heavy (non-hydrogen) atoms. The quantitative estimate of drug-likeness (QED) is 0.895. The van der Waals surface area contributed by atoms with Crippen LogP contribution >= 0.6 is 0 Å². The Labute approximate surface area is 150 Å². The van der Waals surface area contributed by atoms with Gasteiger partial charge in [-0.15, -0.1) is 0 Å². The number of ether oxygens (including phenoxy) is 1. The first-order valence-corrected chi connectivity index (χ1v) is 9.08. The molecule has 1 saturated heterocycles. The fourth-order valence-corrected chi connectivity index (χ4v) is 2.91. The van der Waals surface area contributed by atoms with Crippen molar-refractivity contribution in [3.8, 4) is 0 Å². The van der Waals surface area contributed by atoms with Crippen molar-refractivity contribution >= 4 is 17.7 Å². The minimum Gasteiger partial charge on any atom is -0.444 e. The maximum atomic E-state index is 12.6. The van der Waals surface area contributed by atoms with Crippen LogP contribution in [0.3, 0.4) is 0 Å². The van der Waals surface area contributed by atoms with Crippen LogP contribution in [0.2, 0.25) is 0 Å². The molecule has 1 fully saturated rings. The van der Waals surface area contributed by atoms with Crippen molar-refractivity contribution < 1.29 is 14.3 Å². The lowest BCUT2D eigenvalue weighted by Crippen LogP contribution is -2.43. The Bertz CT molecular complexity index is 626. The summed E-state index contributed by atoms with van der Waals surface area (Å²) in [7, 11) is 0. The van der Waals surface area contributed by atoms with Gasteiger partial charge in [-0.1, -0.05) is 19.1 Å². The van der Waals surface area contributed by atoms with Crippen molar-refractivity contribution in [2.24, 2.45) is 5.92 Å². The Kier molecular flexibility index (Phi) is 6.09. The van der Waals surface area contributed by atoms with Gasteiger partial charge in [0.2, 0.25) is 5.91 Å². The van der Waals surface area contributed by atoms with E-state index < -0.39 is 5.60 Å². The van der Waals surface area contributed by atoms with Crippen molar-refractivity contribution in [3.63, 3.8) is 0 Å². The number of amides is 2. The van der Waals surface area contributed by atoms with Gasteiger partial charge in [0.05, 0.1) is 0 Å². The first-order valence-electron chi connectivity index (χ1n) is 9.08. The molecule has 5 heteroatoms. The van der Waals surface area contributed by atoms with Crippen LogP contribution in [0.15, 0.2) is 18.2 Å². The number of hydrogen-bond acceptors (Lipinski definition) is 3.